The highest BCUT2D eigenvalue weighted by atomic mass is 128. The molecule has 0 atom stereocenters. The molecule has 0 spiro atoms. The molecule has 0 saturated heterocycles. The van der Waals surface area contributed by atoms with Crippen LogP contribution in [-0.2, 0) is 27.4 Å². The molecule has 0 saturated carbocycles. The third kappa shape index (κ3) is 13.9. The van der Waals surface area contributed by atoms with Gasteiger partial charge < -0.3 is 15.2 Å². The first-order chi connectivity index (χ1) is 24.1. The molecule has 3 heterocycles. The van der Waals surface area contributed by atoms with E-state index < -0.39 is 11.9 Å². The lowest BCUT2D eigenvalue weighted by Crippen LogP contribution is -2.09. The van der Waals surface area contributed by atoms with Crippen molar-refractivity contribution in [3.05, 3.63) is 119 Å². The summed E-state index contributed by atoms with van der Waals surface area (Å²) in [6.45, 7) is 7.79. The van der Waals surface area contributed by atoms with E-state index in [2.05, 4.69) is 59.1 Å². The number of ether oxygens (including phenoxy) is 2. The number of rotatable bonds is 10. The largest absolute Gasteiger partial charge is 0.461 e. The maximum Gasteiger partial charge on any atom is 0.359 e. The summed E-state index contributed by atoms with van der Waals surface area (Å²) in [4.78, 5) is 37.3. The van der Waals surface area contributed by atoms with Gasteiger partial charge in [-0.1, -0.05) is 43.8 Å². The number of nitrogens with two attached hydrogens (primary N) is 1. The molecule has 12 nitrogen and oxygen atoms in total. The Balaban J connectivity index is 0.000000795. The van der Waals surface area contributed by atoms with E-state index in [1.165, 1.54) is 33.6 Å². The maximum atomic E-state index is 13.8. The van der Waals surface area contributed by atoms with Crippen molar-refractivity contribution in [2.45, 2.75) is 34.4 Å². The molecule has 51 heavy (non-hydrogen) atoms. The summed E-state index contributed by atoms with van der Waals surface area (Å²) in [7, 11) is 1.75. The van der Waals surface area contributed by atoms with Crippen LogP contribution in [0, 0.1) is 11.6 Å². The first kappa shape index (κ1) is 44.4. The van der Waals surface area contributed by atoms with Crippen molar-refractivity contribution in [1.29, 1.82) is 0 Å². The molecule has 5 aromatic rings. The van der Waals surface area contributed by atoms with Gasteiger partial charge in [0.1, 0.15) is 37.5 Å². The van der Waals surface area contributed by atoms with Crippen LogP contribution in [0.25, 0.3) is 11.0 Å². The van der Waals surface area contributed by atoms with E-state index in [0.717, 1.165) is 0 Å². The molecule has 0 bridgehead atoms. The second-order valence-corrected chi connectivity index (χ2v) is 9.85. The number of hydrogen-bond acceptors (Lipinski definition) is 9. The molecule has 0 fully saturated rings. The Morgan fingerprint density at radius 3 is 1.98 bits per heavy atom. The minimum atomic E-state index is -0.540. The number of carbonyl (C=O) groups excluding carboxylic acids is 3. The predicted molar refractivity (Wildman–Crippen MR) is 212 cm³/mol. The van der Waals surface area contributed by atoms with Crippen LogP contribution in [0.2, 0.25) is 0 Å². The number of halogens is 4. The zero-order valence-corrected chi connectivity index (χ0v) is 31.8. The fourth-order valence-corrected chi connectivity index (χ4v) is 4.09. The number of pyridine rings is 1. The minimum Gasteiger partial charge on any atom is -0.461 e. The Morgan fingerprint density at radius 2 is 1.47 bits per heavy atom. The van der Waals surface area contributed by atoms with Gasteiger partial charge in [0, 0.05) is 68.1 Å². The molecule has 0 aliphatic heterocycles. The summed E-state index contributed by atoms with van der Waals surface area (Å²) in [5.74, 6) is -1.42. The first-order valence-electron chi connectivity index (χ1n) is 14.8. The molecule has 0 aliphatic carbocycles. The van der Waals surface area contributed by atoms with Gasteiger partial charge >= 0.3 is 11.9 Å². The Labute approximate surface area is 320 Å². The smallest absolute Gasteiger partial charge is 0.359 e. The average molecular weight is 933 g/mol. The lowest BCUT2D eigenvalue weighted by Gasteiger charge is -2.05. The maximum absolute atomic E-state index is 13.8. The zero-order valence-electron chi connectivity index (χ0n) is 27.5. The average Bonchev–Trinajstić information content (AvgIpc) is 3.67. The van der Waals surface area contributed by atoms with E-state index in [1.807, 2.05) is 0 Å². The van der Waals surface area contributed by atoms with E-state index in [4.69, 9.17) is 15.2 Å². The standard InChI is InChI=1S/C16H14FN3O2.C13H14FN3O2.C5H8NO.CH4.I2.H2/c1-2-22-16(21)14-12-7-5-9-18-15(12)20(19-14)10-11-6-3-4-8-13(11)17;1-2-19-13(18)11-7-12(15)17(16-11)8-9-5-3-4-6-10(9)14;1-6(2)4-3-5-7;;1-2;/h3-9H,2,10H2,1H3;3-7H,2,8,15H2,1H3;3-5H,1H2,2H3;1H4;;1H/q;;+1;;;/b;;4-3+;;;. The van der Waals surface area contributed by atoms with E-state index in [9.17, 15) is 23.2 Å². The monoisotopic (exact) mass is 932 g/mol. The Morgan fingerprint density at radius 1 is 0.922 bits per heavy atom. The number of esters is 2. The molecule has 0 unspecified atom stereocenters. The lowest BCUT2D eigenvalue weighted by molar-refractivity contribution is -0.411. The van der Waals surface area contributed by atoms with Gasteiger partial charge in [-0.05, 0) is 38.1 Å². The van der Waals surface area contributed by atoms with Crippen LogP contribution < -0.4 is 5.73 Å². The topological polar surface area (TPSA) is 147 Å². The Kier molecular flexibility index (Phi) is 20.7. The molecule has 274 valence electrons. The number of aldehydes is 1. The van der Waals surface area contributed by atoms with Crippen molar-refractivity contribution < 1.29 is 38.6 Å². The van der Waals surface area contributed by atoms with Crippen LogP contribution in [0.15, 0.2) is 85.2 Å². The van der Waals surface area contributed by atoms with Gasteiger partial charge in [-0.3, -0.25) is 4.79 Å². The van der Waals surface area contributed by atoms with Crippen molar-refractivity contribution in [3.63, 3.8) is 0 Å². The number of allylic oxidation sites excluding steroid dienone is 1. The van der Waals surface area contributed by atoms with Crippen molar-refractivity contribution in [1.82, 2.24) is 24.5 Å². The van der Waals surface area contributed by atoms with Crippen molar-refractivity contribution >= 4 is 79.0 Å². The second-order valence-electron chi connectivity index (χ2n) is 9.85. The van der Waals surface area contributed by atoms with E-state index in [-0.39, 0.29) is 64.0 Å². The van der Waals surface area contributed by atoms with E-state index in [1.54, 1.807) is 86.4 Å². The molecule has 5 rings (SSSR count). The van der Waals surface area contributed by atoms with Gasteiger partial charge in [-0.2, -0.15) is 10.2 Å². The van der Waals surface area contributed by atoms with Gasteiger partial charge in [0.05, 0.1) is 31.7 Å². The van der Waals surface area contributed by atoms with E-state index in [0.29, 0.717) is 28.4 Å². The summed E-state index contributed by atoms with van der Waals surface area (Å²) >= 11 is 4.24. The quantitative estimate of drug-likeness (QED) is 0.0380. The van der Waals surface area contributed by atoms with Crippen molar-refractivity contribution in [2.24, 2.45) is 0 Å². The summed E-state index contributed by atoms with van der Waals surface area (Å²) < 4.78 is 41.6. The molecule has 3 aromatic heterocycles. The zero-order chi connectivity index (χ0) is 37.1. The molecule has 2 N–H and O–H groups in total. The van der Waals surface area contributed by atoms with E-state index >= 15 is 0 Å². The third-order valence-electron chi connectivity index (χ3n) is 6.25. The van der Waals surface area contributed by atoms with Crippen molar-refractivity contribution in [2.75, 3.05) is 26.0 Å². The van der Waals surface area contributed by atoms with Crippen LogP contribution in [0.5, 0.6) is 0 Å². The number of fused-ring (bicyclic) bond motifs is 1. The molecule has 2 aromatic carbocycles. The number of nitrogen functional groups attached to an aromatic ring is 1. The highest BCUT2D eigenvalue weighted by Gasteiger charge is 2.19. The predicted octanol–water partition coefficient (Wildman–Crippen LogP) is 7.32. The van der Waals surface area contributed by atoms with Gasteiger partial charge in [0.15, 0.2) is 23.2 Å². The number of carbonyl (C=O) groups is 3. The molecule has 0 amide bonds. The van der Waals surface area contributed by atoms with Gasteiger partial charge in [-0.25, -0.2) is 37.3 Å². The van der Waals surface area contributed by atoms with Crippen LogP contribution in [-0.4, -0.2) is 74.3 Å². The second kappa shape index (κ2) is 23.7. The molecule has 0 radical (unpaired) electrons. The molecule has 0 aliphatic rings. The number of hydrogen-bond donors (Lipinski definition) is 1. The summed E-state index contributed by atoms with van der Waals surface area (Å²) in [5.41, 5.74) is 7.51. The fourth-order valence-electron chi connectivity index (χ4n) is 4.09. The normalized spacial score (nSPS) is 9.94. The number of aromatic nitrogens is 5. The number of benzene rings is 2. The van der Waals surface area contributed by atoms with Crippen LogP contribution >= 0.6 is 37.2 Å². The summed E-state index contributed by atoms with van der Waals surface area (Å²) in [6, 6.07) is 17.7. The molecule has 16 heteroatoms. The van der Waals surface area contributed by atoms with Crippen LogP contribution in [0.1, 0.15) is 54.8 Å². The van der Waals surface area contributed by atoms with Crippen LogP contribution in [0.4, 0.5) is 14.6 Å². The Bertz CT molecular complexity index is 1920. The molecular formula is C35H42F2I2N7O5+. The third-order valence-corrected chi connectivity index (χ3v) is 6.25. The molecular weight excluding hydrogens is 890 g/mol. The fraction of sp³-hybridized carbons (Fsp3) is 0.229. The highest BCUT2D eigenvalue weighted by Crippen LogP contribution is 2.19. The van der Waals surface area contributed by atoms with Gasteiger partial charge in [0.2, 0.25) is 0 Å². The number of anilines is 1. The van der Waals surface area contributed by atoms with Crippen molar-refractivity contribution in [3.8, 4) is 0 Å². The summed E-state index contributed by atoms with van der Waals surface area (Å²) in [5, 5.41) is 8.87. The first-order valence-corrected chi connectivity index (χ1v) is 21.1. The number of nitrogens with zero attached hydrogens (tertiary/aromatic N) is 6. The SMILES string of the molecule is C.C=[N+](C)/C=C/C=O.CCOC(=O)c1cc(N)n(Cc2ccccc2F)n1.CCOC(=O)c1nn(Cc2ccccc2F)c2ncccc12.II.[HH]. The summed E-state index contributed by atoms with van der Waals surface area (Å²) in [6.07, 6.45) is 5.28. The highest BCUT2D eigenvalue weighted by molar-refractivity contribution is 15.0. The van der Waals surface area contributed by atoms with Gasteiger partial charge in [0.25, 0.3) is 0 Å². The van der Waals surface area contributed by atoms with Gasteiger partial charge in [-0.15, -0.1) is 0 Å². The Hall–Kier alpha value is -4.59. The minimum absolute atomic E-state index is 0. The lowest BCUT2D eigenvalue weighted by atomic mass is 10.2. The van der Waals surface area contributed by atoms with Crippen LogP contribution in [0.3, 0.4) is 0 Å².